The maximum absolute atomic E-state index is 9.79. The molecule has 0 aromatic carbocycles. The summed E-state index contributed by atoms with van der Waals surface area (Å²) in [6, 6.07) is 0. The molecule has 0 amide bonds. The fourth-order valence-electron chi connectivity index (χ4n) is 1.59. The molecule has 0 aromatic heterocycles. The first-order valence-electron chi connectivity index (χ1n) is 6.77. The Morgan fingerprint density at radius 1 is 1.00 bits per heavy atom. The summed E-state index contributed by atoms with van der Waals surface area (Å²) < 4.78 is 0.280. The minimum atomic E-state index is -0.101. The minimum absolute atomic E-state index is 0.101. The monoisotopic (exact) mass is 246 g/mol. The number of hydrogen-bond acceptors (Lipinski definition) is 2. The molecule has 0 fully saturated rings. The fourth-order valence-corrected chi connectivity index (χ4v) is 2.45. The summed E-state index contributed by atoms with van der Waals surface area (Å²) in [6.45, 7) is 8.85. The molecule has 16 heavy (non-hydrogen) atoms. The van der Waals surface area contributed by atoms with Gasteiger partial charge in [0.25, 0.3) is 0 Å². The van der Waals surface area contributed by atoms with Crippen molar-refractivity contribution in [3.63, 3.8) is 0 Å². The van der Waals surface area contributed by atoms with E-state index in [1.165, 1.54) is 38.5 Å². The SMILES string of the molecule is CCCCCCCCC(O)CSC(C)(C)C. The average molecular weight is 246 g/mol. The molecule has 0 saturated heterocycles. The molecule has 0 heterocycles. The molecule has 0 aliphatic rings. The lowest BCUT2D eigenvalue weighted by Gasteiger charge is -2.20. The standard InChI is InChI=1S/C14H30OS/c1-5-6-7-8-9-10-11-13(15)12-16-14(2,3)4/h13,15H,5-12H2,1-4H3. The lowest BCUT2D eigenvalue weighted by Crippen LogP contribution is -2.16. The van der Waals surface area contributed by atoms with E-state index in [0.29, 0.717) is 0 Å². The van der Waals surface area contributed by atoms with E-state index in [9.17, 15) is 5.11 Å². The molecule has 2 heteroatoms. The number of aliphatic hydroxyl groups excluding tert-OH is 1. The molecule has 1 atom stereocenters. The van der Waals surface area contributed by atoms with Gasteiger partial charge in [-0.05, 0) is 6.42 Å². The topological polar surface area (TPSA) is 20.2 Å². The molecule has 0 saturated carbocycles. The summed E-state index contributed by atoms with van der Waals surface area (Å²) in [6.07, 6.45) is 8.74. The van der Waals surface area contributed by atoms with Gasteiger partial charge in [-0.3, -0.25) is 0 Å². The van der Waals surface area contributed by atoms with Gasteiger partial charge in [-0.15, -0.1) is 0 Å². The van der Waals surface area contributed by atoms with Crippen molar-refractivity contribution < 1.29 is 5.11 Å². The molecule has 0 radical (unpaired) electrons. The van der Waals surface area contributed by atoms with E-state index in [0.717, 1.165) is 12.2 Å². The Morgan fingerprint density at radius 2 is 1.56 bits per heavy atom. The van der Waals surface area contributed by atoms with Crippen LogP contribution in [-0.4, -0.2) is 21.7 Å². The van der Waals surface area contributed by atoms with Crippen molar-refractivity contribution in [1.82, 2.24) is 0 Å². The lowest BCUT2D eigenvalue weighted by atomic mass is 10.1. The first-order valence-corrected chi connectivity index (χ1v) is 7.76. The van der Waals surface area contributed by atoms with Gasteiger partial charge in [-0.2, -0.15) is 11.8 Å². The smallest absolute Gasteiger partial charge is 0.0630 e. The second-order valence-corrected chi connectivity index (χ2v) is 7.48. The summed E-state index contributed by atoms with van der Waals surface area (Å²) >= 11 is 1.86. The predicted molar refractivity (Wildman–Crippen MR) is 76.2 cm³/mol. The summed E-state index contributed by atoms with van der Waals surface area (Å²) in [5.41, 5.74) is 0. The van der Waals surface area contributed by atoms with Gasteiger partial charge in [0.05, 0.1) is 6.10 Å². The maximum atomic E-state index is 9.79. The highest BCUT2D eigenvalue weighted by atomic mass is 32.2. The van der Waals surface area contributed by atoms with Crippen LogP contribution in [0.3, 0.4) is 0 Å². The molecule has 0 rings (SSSR count). The second kappa shape index (κ2) is 9.35. The Kier molecular flexibility index (Phi) is 9.53. The number of unbranched alkanes of at least 4 members (excludes halogenated alkanes) is 5. The third-order valence-corrected chi connectivity index (χ3v) is 4.02. The van der Waals surface area contributed by atoms with Crippen LogP contribution < -0.4 is 0 Å². The molecular formula is C14H30OS. The molecule has 98 valence electrons. The van der Waals surface area contributed by atoms with E-state index in [-0.39, 0.29) is 10.9 Å². The third-order valence-electron chi connectivity index (χ3n) is 2.60. The first kappa shape index (κ1) is 16.3. The Labute approximate surface area is 106 Å². The Morgan fingerprint density at radius 3 is 2.12 bits per heavy atom. The van der Waals surface area contributed by atoms with Crippen LogP contribution in [0, 0.1) is 0 Å². The van der Waals surface area contributed by atoms with Crippen LogP contribution >= 0.6 is 11.8 Å². The van der Waals surface area contributed by atoms with Crippen molar-refractivity contribution in [3.8, 4) is 0 Å². The highest BCUT2D eigenvalue weighted by Crippen LogP contribution is 2.24. The zero-order chi connectivity index (χ0) is 12.4. The lowest BCUT2D eigenvalue weighted by molar-refractivity contribution is 0.184. The van der Waals surface area contributed by atoms with Crippen LogP contribution in [0.1, 0.15) is 72.6 Å². The summed E-state index contributed by atoms with van der Waals surface area (Å²) in [7, 11) is 0. The van der Waals surface area contributed by atoms with Gasteiger partial charge in [-0.1, -0.05) is 66.2 Å². The summed E-state index contributed by atoms with van der Waals surface area (Å²) in [4.78, 5) is 0. The van der Waals surface area contributed by atoms with Crippen molar-refractivity contribution in [1.29, 1.82) is 0 Å². The predicted octanol–water partition coefficient (Wildman–Crippen LogP) is 4.63. The van der Waals surface area contributed by atoms with Crippen LogP contribution in [-0.2, 0) is 0 Å². The highest BCUT2D eigenvalue weighted by molar-refractivity contribution is 8.00. The van der Waals surface area contributed by atoms with E-state index in [1.807, 2.05) is 11.8 Å². The van der Waals surface area contributed by atoms with Crippen LogP contribution in [0.2, 0.25) is 0 Å². The van der Waals surface area contributed by atoms with E-state index in [1.54, 1.807) is 0 Å². The zero-order valence-corrected chi connectivity index (χ0v) is 12.4. The minimum Gasteiger partial charge on any atom is -0.392 e. The fraction of sp³-hybridized carbons (Fsp3) is 1.00. The molecule has 1 nitrogen and oxygen atoms in total. The van der Waals surface area contributed by atoms with Crippen molar-refractivity contribution in [2.75, 3.05) is 5.75 Å². The first-order chi connectivity index (χ1) is 7.45. The number of hydrogen-bond donors (Lipinski definition) is 1. The van der Waals surface area contributed by atoms with Gasteiger partial charge < -0.3 is 5.11 Å². The van der Waals surface area contributed by atoms with Crippen molar-refractivity contribution in [3.05, 3.63) is 0 Å². The zero-order valence-electron chi connectivity index (χ0n) is 11.6. The van der Waals surface area contributed by atoms with E-state index in [2.05, 4.69) is 27.7 Å². The second-order valence-electron chi connectivity index (χ2n) is 5.63. The van der Waals surface area contributed by atoms with Crippen molar-refractivity contribution in [2.24, 2.45) is 0 Å². The largest absolute Gasteiger partial charge is 0.392 e. The molecule has 1 N–H and O–H groups in total. The van der Waals surface area contributed by atoms with Gasteiger partial charge in [0, 0.05) is 10.5 Å². The number of thioether (sulfide) groups is 1. The molecule has 1 unspecified atom stereocenters. The van der Waals surface area contributed by atoms with Crippen LogP contribution in [0.15, 0.2) is 0 Å². The Balaban J connectivity index is 3.27. The van der Waals surface area contributed by atoms with Crippen LogP contribution in [0.4, 0.5) is 0 Å². The van der Waals surface area contributed by atoms with Gasteiger partial charge in [0.1, 0.15) is 0 Å². The third kappa shape index (κ3) is 12.4. The van der Waals surface area contributed by atoms with Gasteiger partial charge in [0.2, 0.25) is 0 Å². The van der Waals surface area contributed by atoms with Gasteiger partial charge in [0.15, 0.2) is 0 Å². The van der Waals surface area contributed by atoms with Gasteiger partial charge in [-0.25, -0.2) is 0 Å². The maximum Gasteiger partial charge on any atom is 0.0630 e. The molecule has 0 bridgehead atoms. The summed E-state index contributed by atoms with van der Waals surface area (Å²) in [5, 5.41) is 9.79. The van der Waals surface area contributed by atoms with E-state index in [4.69, 9.17) is 0 Å². The van der Waals surface area contributed by atoms with Crippen molar-refractivity contribution >= 4 is 11.8 Å². The molecular weight excluding hydrogens is 216 g/mol. The normalized spacial score (nSPS) is 14.1. The van der Waals surface area contributed by atoms with E-state index < -0.39 is 0 Å². The van der Waals surface area contributed by atoms with Crippen LogP contribution in [0.5, 0.6) is 0 Å². The van der Waals surface area contributed by atoms with E-state index >= 15 is 0 Å². The quantitative estimate of drug-likeness (QED) is 0.599. The highest BCUT2D eigenvalue weighted by Gasteiger charge is 2.13. The van der Waals surface area contributed by atoms with Gasteiger partial charge >= 0.3 is 0 Å². The molecule has 0 aromatic rings. The molecule has 0 spiro atoms. The van der Waals surface area contributed by atoms with Crippen LogP contribution in [0.25, 0.3) is 0 Å². The molecule has 0 aliphatic heterocycles. The van der Waals surface area contributed by atoms with Crippen molar-refractivity contribution in [2.45, 2.75) is 83.5 Å². The molecule has 0 aliphatic carbocycles. The number of aliphatic hydroxyl groups is 1. The Hall–Kier alpha value is 0.310. The Bertz CT molecular complexity index is 151. The summed E-state index contributed by atoms with van der Waals surface area (Å²) in [5.74, 6) is 0.887. The average Bonchev–Trinajstić information content (AvgIpc) is 2.19. The number of rotatable bonds is 9.